The van der Waals surface area contributed by atoms with Gasteiger partial charge in [-0.15, -0.1) is 0 Å². The molecule has 0 saturated heterocycles. The largest absolute Gasteiger partial charge is 0.437 e. The number of nitrogens with zero attached hydrogens (tertiary/aromatic N) is 2. The van der Waals surface area contributed by atoms with Gasteiger partial charge in [-0.2, -0.15) is 0 Å². The smallest absolute Gasteiger partial charge is 0.237 e. The number of aromatic nitrogens is 2. The molecule has 92 valence electrons. The molecule has 0 amide bonds. The number of amidine groups is 1. The summed E-state index contributed by atoms with van der Waals surface area (Å²) in [5.74, 6) is 1.05. The molecule has 0 radical (unpaired) electrons. The van der Waals surface area contributed by atoms with Crippen LogP contribution in [0.4, 0.5) is 0 Å². The van der Waals surface area contributed by atoms with Crippen molar-refractivity contribution in [3.63, 3.8) is 0 Å². The van der Waals surface area contributed by atoms with Crippen molar-refractivity contribution < 1.29 is 4.74 Å². The SMILES string of the molecule is CCc1ccccc1Oc1cnc(C(=N)N)cn1. The molecule has 0 unspecified atom stereocenters. The number of nitrogens with one attached hydrogen (secondary N) is 1. The summed E-state index contributed by atoms with van der Waals surface area (Å²) in [7, 11) is 0. The number of hydrogen-bond acceptors (Lipinski definition) is 4. The maximum atomic E-state index is 7.23. The summed E-state index contributed by atoms with van der Waals surface area (Å²) >= 11 is 0. The molecule has 18 heavy (non-hydrogen) atoms. The molecule has 5 nitrogen and oxygen atoms in total. The average Bonchev–Trinajstić information content (AvgIpc) is 2.40. The summed E-state index contributed by atoms with van der Waals surface area (Å²) in [6.07, 6.45) is 3.77. The third-order valence-electron chi connectivity index (χ3n) is 2.47. The van der Waals surface area contributed by atoms with Gasteiger partial charge in [0.2, 0.25) is 5.88 Å². The van der Waals surface area contributed by atoms with Crippen LogP contribution < -0.4 is 10.5 Å². The monoisotopic (exact) mass is 242 g/mol. The molecule has 0 aliphatic heterocycles. The third kappa shape index (κ3) is 2.63. The van der Waals surface area contributed by atoms with Crippen LogP contribution in [0.3, 0.4) is 0 Å². The second kappa shape index (κ2) is 5.27. The molecule has 1 aromatic heterocycles. The standard InChI is InChI=1S/C13H14N4O/c1-2-9-5-3-4-6-11(9)18-12-8-16-10(7-17-12)13(14)15/h3-8H,2H2,1H3,(H3,14,15). The van der Waals surface area contributed by atoms with Gasteiger partial charge in [0.25, 0.3) is 0 Å². The predicted molar refractivity (Wildman–Crippen MR) is 68.9 cm³/mol. The predicted octanol–water partition coefficient (Wildman–Crippen LogP) is 2.12. The lowest BCUT2D eigenvalue weighted by Crippen LogP contribution is -2.13. The van der Waals surface area contributed by atoms with Crippen LogP contribution in [0, 0.1) is 5.41 Å². The van der Waals surface area contributed by atoms with Crippen LogP contribution in [0.2, 0.25) is 0 Å². The molecule has 1 aromatic carbocycles. The van der Waals surface area contributed by atoms with Crippen molar-refractivity contribution in [3.8, 4) is 11.6 Å². The van der Waals surface area contributed by atoms with Crippen LogP contribution in [0.5, 0.6) is 11.6 Å². The fourth-order valence-corrected chi connectivity index (χ4v) is 1.52. The Morgan fingerprint density at radius 3 is 2.67 bits per heavy atom. The molecule has 1 heterocycles. The molecule has 3 N–H and O–H groups in total. The number of rotatable bonds is 4. The van der Waals surface area contributed by atoms with Gasteiger partial charge in [0.15, 0.2) is 0 Å². The molecule has 0 fully saturated rings. The van der Waals surface area contributed by atoms with Crippen LogP contribution in [-0.4, -0.2) is 15.8 Å². The Balaban J connectivity index is 2.21. The summed E-state index contributed by atoms with van der Waals surface area (Å²) in [6.45, 7) is 2.06. The Hall–Kier alpha value is -2.43. The fourth-order valence-electron chi connectivity index (χ4n) is 1.52. The van der Waals surface area contributed by atoms with Crippen molar-refractivity contribution >= 4 is 5.84 Å². The maximum absolute atomic E-state index is 7.23. The highest BCUT2D eigenvalue weighted by atomic mass is 16.5. The van der Waals surface area contributed by atoms with E-state index in [-0.39, 0.29) is 5.84 Å². The van der Waals surface area contributed by atoms with E-state index < -0.39 is 0 Å². The second-order valence-electron chi connectivity index (χ2n) is 3.72. The summed E-state index contributed by atoms with van der Waals surface area (Å²) < 4.78 is 5.65. The van der Waals surface area contributed by atoms with E-state index in [4.69, 9.17) is 15.9 Å². The number of nitrogen functional groups attached to an aromatic ring is 1. The number of nitrogens with two attached hydrogens (primary N) is 1. The van der Waals surface area contributed by atoms with E-state index in [1.165, 1.54) is 12.4 Å². The fraction of sp³-hybridized carbons (Fsp3) is 0.154. The van der Waals surface area contributed by atoms with E-state index in [9.17, 15) is 0 Å². The van der Waals surface area contributed by atoms with E-state index in [1.807, 2.05) is 24.3 Å². The Labute approximate surface area is 105 Å². The van der Waals surface area contributed by atoms with E-state index in [0.717, 1.165) is 17.7 Å². The van der Waals surface area contributed by atoms with Crippen molar-refractivity contribution in [3.05, 3.63) is 47.9 Å². The first-order chi connectivity index (χ1) is 8.70. The van der Waals surface area contributed by atoms with Gasteiger partial charge < -0.3 is 10.5 Å². The molecule has 0 spiro atoms. The highest BCUT2D eigenvalue weighted by Crippen LogP contribution is 2.23. The van der Waals surface area contributed by atoms with Crippen molar-refractivity contribution in [1.29, 1.82) is 5.41 Å². The van der Waals surface area contributed by atoms with Crippen LogP contribution in [0.1, 0.15) is 18.2 Å². The molecule has 2 aromatic rings. The topological polar surface area (TPSA) is 84.9 Å². The van der Waals surface area contributed by atoms with Crippen LogP contribution in [0.15, 0.2) is 36.7 Å². The number of aryl methyl sites for hydroxylation is 1. The molecular formula is C13H14N4O. The molecule has 2 rings (SSSR count). The lowest BCUT2D eigenvalue weighted by molar-refractivity contribution is 0.455. The Bertz CT molecular complexity index is 551. The lowest BCUT2D eigenvalue weighted by Gasteiger charge is -2.08. The summed E-state index contributed by atoms with van der Waals surface area (Å²) in [5, 5.41) is 7.23. The van der Waals surface area contributed by atoms with Gasteiger partial charge in [-0.25, -0.2) is 9.97 Å². The molecule has 0 atom stereocenters. The van der Waals surface area contributed by atoms with Crippen molar-refractivity contribution in [2.75, 3.05) is 0 Å². The average molecular weight is 242 g/mol. The normalized spacial score (nSPS) is 10.1. The van der Waals surface area contributed by atoms with Gasteiger partial charge in [0.1, 0.15) is 17.3 Å². The number of ether oxygens (including phenoxy) is 1. The Kier molecular flexibility index (Phi) is 3.52. The lowest BCUT2D eigenvalue weighted by atomic mass is 10.1. The van der Waals surface area contributed by atoms with Gasteiger partial charge in [0, 0.05) is 0 Å². The first-order valence-corrected chi connectivity index (χ1v) is 5.63. The first-order valence-electron chi connectivity index (χ1n) is 5.63. The highest BCUT2D eigenvalue weighted by molar-refractivity contribution is 5.92. The van der Waals surface area contributed by atoms with Crippen LogP contribution in [0.25, 0.3) is 0 Å². The van der Waals surface area contributed by atoms with Crippen LogP contribution in [-0.2, 0) is 6.42 Å². The molecule has 5 heteroatoms. The first kappa shape index (κ1) is 12.0. The highest BCUT2D eigenvalue weighted by Gasteiger charge is 2.05. The number of benzene rings is 1. The van der Waals surface area contributed by atoms with Gasteiger partial charge in [-0.3, -0.25) is 5.41 Å². The third-order valence-corrected chi connectivity index (χ3v) is 2.47. The van der Waals surface area contributed by atoms with Gasteiger partial charge >= 0.3 is 0 Å². The molecule has 0 saturated carbocycles. The minimum Gasteiger partial charge on any atom is -0.437 e. The van der Waals surface area contributed by atoms with Gasteiger partial charge in [-0.1, -0.05) is 25.1 Å². The number of para-hydroxylation sites is 1. The molecule has 0 aliphatic carbocycles. The van der Waals surface area contributed by atoms with Gasteiger partial charge in [0.05, 0.1) is 12.4 Å². The van der Waals surface area contributed by atoms with Crippen molar-refractivity contribution in [1.82, 2.24) is 9.97 Å². The minimum absolute atomic E-state index is 0.108. The Morgan fingerprint density at radius 2 is 2.06 bits per heavy atom. The number of hydrogen-bond donors (Lipinski definition) is 2. The summed E-state index contributed by atoms with van der Waals surface area (Å²) in [6, 6.07) is 7.77. The zero-order valence-corrected chi connectivity index (χ0v) is 10.1. The van der Waals surface area contributed by atoms with E-state index in [2.05, 4.69) is 16.9 Å². The quantitative estimate of drug-likeness (QED) is 0.635. The molecule has 0 aliphatic rings. The zero-order chi connectivity index (χ0) is 13.0. The van der Waals surface area contributed by atoms with E-state index in [0.29, 0.717) is 11.6 Å². The van der Waals surface area contributed by atoms with E-state index >= 15 is 0 Å². The Morgan fingerprint density at radius 1 is 1.28 bits per heavy atom. The van der Waals surface area contributed by atoms with Crippen LogP contribution >= 0.6 is 0 Å². The molecule has 0 bridgehead atoms. The van der Waals surface area contributed by atoms with Crippen molar-refractivity contribution in [2.24, 2.45) is 5.73 Å². The van der Waals surface area contributed by atoms with Gasteiger partial charge in [-0.05, 0) is 18.1 Å². The minimum atomic E-state index is -0.108. The van der Waals surface area contributed by atoms with Crippen molar-refractivity contribution in [2.45, 2.75) is 13.3 Å². The second-order valence-corrected chi connectivity index (χ2v) is 3.72. The van der Waals surface area contributed by atoms with E-state index in [1.54, 1.807) is 0 Å². The summed E-state index contributed by atoms with van der Waals surface area (Å²) in [5.41, 5.74) is 6.75. The zero-order valence-electron chi connectivity index (χ0n) is 10.1. The molecular weight excluding hydrogens is 228 g/mol. The maximum Gasteiger partial charge on any atom is 0.237 e. The summed E-state index contributed by atoms with van der Waals surface area (Å²) in [4.78, 5) is 8.06.